The van der Waals surface area contributed by atoms with Crippen molar-refractivity contribution in [1.29, 1.82) is 0 Å². The summed E-state index contributed by atoms with van der Waals surface area (Å²) in [4.78, 5) is 0. The van der Waals surface area contributed by atoms with E-state index in [0.717, 1.165) is 12.8 Å². The Labute approximate surface area is 111 Å². The molecule has 0 unspecified atom stereocenters. The van der Waals surface area contributed by atoms with Crippen molar-refractivity contribution in [2.75, 3.05) is 0 Å². The average molecular weight is 238 g/mol. The minimum Gasteiger partial charge on any atom is -0.0622 e. The summed E-state index contributed by atoms with van der Waals surface area (Å²) in [5, 5.41) is 0. The average Bonchev–Trinajstić information content (AvgIpc) is 2.37. The van der Waals surface area contributed by atoms with Crippen LogP contribution in [0.3, 0.4) is 0 Å². The van der Waals surface area contributed by atoms with Crippen LogP contribution in [0.25, 0.3) is 0 Å². The minimum atomic E-state index is 1.13. The van der Waals surface area contributed by atoms with Crippen molar-refractivity contribution in [2.45, 2.75) is 40.5 Å². The molecule has 0 heteroatoms. The van der Waals surface area contributed by atoms with Crippen LogP contribution in [0.15, 0.2) is 36.4 Å². The summed E-state index contributed by atoms with van der Waals surface area (Å²) in [5.41, 5.74) is 8.73. The maximum Gasteiger partial charge on any atom is -0.0233 e. The van der Waals surface area contributed by atoms with Crippen molar-refractivity contribution in [3.05, 3.63) is 69.8 Å². The molecule has 0 heterocycles. The smallest absolute Gasteiger partial charge is 0.0233 e. The molecule has 0 aromatic heterocycles. The largest absolute Gasteiger partial charge is 0.0622 e. The lowest BCUT2D eigenvalue weighted by Gasteiger charge is -2.15. The van der Waals surface area contributed by atoms with E-state index in [0.29, 0.717) is 0 Å². The van der Waals surface area contributed by atoms with Gasteiger partial charge in [0.15, 0.2) is 0 Å². The fraction of sp³-hybridized carbons (Fsp3) is 0.333. The van der Waals surface area contributed by atoms with E-state index in [4.69, 9.17) is 0 Å². The first-order valence-electron chi connectivity index (χ1n) is 6.70. The highest BCUT2D eigenvalue weighted by Crippen LogP contribution is 2.22. The second kappa shape index (κ2) is 5.39. The van der Waals surface area contributed by atoms with Gasteiger partial charge in [0.2, 0.25) is 0 Å². The van der Waals surface area contributed by atoms with Crippen LogP contribution in [0.2, 0.25) is 0 Å². The fourth-order valence-corrected chi connectivity index (χ4v) is 2.64. The highest BCUT2D eigenvalue weighted by atomic mass is 14.1. The van der Waals surface area contributed by atoms with Gasteiger partial charge < -0.3 is 0 Å². The highest BCUT2D eigenvalue weighted by molar-refractivity contribution is 5.44. The predicted molar refractivity (Wildman–Crippen MR) is 79.2 cm³/mol. The molecule has 0 aliphatic rings. The van der Waals surface area contributed by atoms with Gasteiger partial charge in [-0.2, -0.15) is 0 Å². The SMILES string of the molecule is Cc1cc(C)c(CCc2ccccc2)c(C)c1C. The van der Waals surface area contributed by atoms with Crippen molar-refractivity contribution >= 4 is 0 Å². The van der Waals surface area contributed by atoms with Crippen molar-refractivity contribution in [3.63, 3.8) is 0 Å². The molecule has 94 valence electrons. The topological polar surface area (TPSA) is 0 Å². The predicted octanol–water partition coefficient (Wildman–Crippen LogP) is 4.71. The van der Waals surface area contributed by atoms with Crippen molar-refractivity contribution in [2.24, 2.45) is 0 Å². The van der Waals surface area contributed by atoms with Gasteiger partial charge in [0, 0.05) is 0 Å². The first-order valence-corrected chi connectivity index (χ1v) is 6.70. The molecule has 0 atom stereocenters. The Morgan fingerprint density at radius 2 is 1.39 bits per heavy atom. The van der Waals surface area contributed by atoms with Crippen LogP contribution in [0.5, 0.6) is 0 Å². The van der Waals surface area contributed by atoms with Gasteiger partial charge in [-0.25, -0.2) is 0 Å². The minimum absolute atomic E-state index is 1.13. The van der Waals surface area contributed by atoms with Gasteiger partial charge in [-0.15, -0.1) is 0 Å². The molecule has 0 aliphatic heterocycles. The number of aryl methyl sites for hydroxylation is 3. The quantitative estimate of drug-likeness (QED) is 0.726. The molecule has 0 saturated heterocycles. The van der Waals surface area contributed by atoms with Gasteiger partial charge >= 0.3 is 0 Å². The van der Waals surface area contributed by atoms with Gasteiger partial charge in [0.05, 0.1) is 0 Å². The molecule has 2 aromatic carbocycles. The summed E-state index contributed by atoms with van der Waals surface area (Å²) < 4.78 is 0. The van der Waals surface area contributed by atoms with E-state index in [2.05, 4.69) is 64.1 Å². The van der Waals surface area contributed by atoms with E-state index < -0.39 is 0 Å². The van der Waals surface area contributed by atoms with Gasteiger partial charge in [0.25, 0.3) is 0 Å². The van der Waals surface area contributed by atoms with Crippen LogP contribution in [0, 0.1) is 27.7 Å². The number of hydrogen-bond donors (Lipinski definition) is 0. The zero-order valence-corrected chi connectivity index (χ0v) is 11.9. The Hall–Kier alpha value is -1.56. The van der Waals surface area contributed by atoms with Crippen LogP contribution in [-0.2, 0) is 12.8 Å². The van der Waals surface area contributed by atoms with Crippen molar-refractivity contribution in [3.8, 4) is 0 Å². The van der Waals surface area contributed by atoms with Gasteiger partial charge in [-0.1, -0.05) is 36.4 Å². The monoisotopic (exact) mass is 238 g/mol. The molecule has 2 aromatic rings. The Balaban J connectivity index is 2.22. The van der Waals surface area contributed by atoms with Crippen LogP contribution >= 0.6 is 0 Å². The van der Waals surface area contributed by atoms with Crippen LogP contribution in [0.4, 0.5) is 0 Å². The number of rotatable bonds is 3. The lowest BCUT2D eigenvalue weighted by atomic mass is 9.91. The molecule has 0 nitrogen and oxygen atoms in total. The third kappa shape index (κ3) is 2.64. The lowest BCUT2D eigenvalue weighted by molar-refractivity contribution is 0.930. The van der Waals surface area contributed by atoms with E-state index in [1.165, 1.54) is 33.4 Å². The molecule has 18 heavy (non-hydrogen) atoms. The standard InChI is InChI=1S/C18H22/c1-13-12-14(2)18(16(4)15(13)3)11-10-17-8-6-5-7-9-17/h5-9,12H,10-11H2,1-4H3. The summed E-state index contributed by atoms with van der Waals surface area (Å²) in [6, 6.07) is 13.1. The third-order valence-corrected chi connectivity index (χ3v) is 4.02. The molecule has 0 bridgehead atoms. The molecular weight excluding hydrogens is 216 g/mol. The van der Waals surface area contributed by atoms with Crippen molar-refractivity contribution in [1.82, 2.24) is 0 Å². The third-order valence-electron chi connectivity index (χ3n) is 4.02. The Morgan fingerprint density at radius 1 is 0.722 bits per heavy atom. The normalized spacial score (nSPS) is 10.7. The summed E-state index contributed by atoms with van der Waals surface area (Å²) in [5.74, 6) is 0. The molecule has 0 fully saturated rings. The number of benzene rings is 2. The zero-order chi connectivity index (χ0) is 13.1. The Bertz CT molecular complexity index is 536. The Kier molecular flexibility index (Phi) is 3.86. The first kappa shape index (κ1) is 12.9. The summed E-state index contributed by atoms with van der Waals surface area (Å²) in [6.07, 6.45) is 2.27. The maximum atomic E-state index is 2.32. The Morgan fingerprint density at radius 3 is 2.06 bits per heavy atom. The molecule has 0 saturated carbocycles. The lowest BCUT2D eigenvalue weighted by Crippen LogP contribution is -2.01. The van der Waals surface area contributed by atoms with Gasteiger partial charge in [-0.3, -0.25) is 0 Å². The first-order chi connectivity index (χ1) is 8.59. The van der Waals surface area contributed by atoms with E-state index in [1.807, 2.05) is 0 Å². The van der Waals surface area contributed by atoms with Gasteiger partial charge in [-0.05, 0) is 73.9 Å². The molecule has 2 rings (SSSR count). The van der Waals surface area contributed by atoms with Crippen LogP contribution < -0.4 is 0 Å². The van der Waals surface area contributed by atoms with E-state index in [-0.39, 0.29) is 0 Å². The summed E-state index contributed by atoms with van der Waals surface area (Å²) in [6.45, 7) is 8.93. The van der Waals surface area contributed by atoms with E-state index in [9.17, 15) is 0 Å². The molecule has 0 spiro atoms. The second-order valence-corrected chi connectivity index (χ2v) is 5.22. The molecule has 0 amide bonds. The van der Waals surface area contributed by atoms with Crippen molar-refractivity contribution < 1.29 is 0 Å². The summed E-state index contributed by atoms with van der Waals surface area (Å²) in [7, 11) is 0. The maximum absolute atomic E-state index is 2.32. The number of hydrogen-bond acceptors (Lipinski definition) is 0. The van der Waals surface area contributed by atoms with Crippen LogP contribution in [-0.4, -0.2) is 0 Å². The fourth-order valence-electron chi connectivity index (χ4n) is 2.64. The van der Waals surface area contributed by atoms with E-state index in [1.54, 1.807) is 0 Å². The molecule has 0 radical (unpaired) electrons. The summed E-state index contributed by atoms with van der Waals surface area (Å²) >= 11 is 0. The second-order valence-electron chi connectivity index (χ2n) is 5.22. The van der Waals surface area contributed by atoms with E-state index >= 15 is 0 Å². The van der Waals surface area contributed by atoms with Crippen LogP contribution in [0.1, 0.15) is 33.4 Å². The highest BCUT2D eigenvalue weighted by Gasteiger charge is 2.07. The van der Waals surface area contributed by atoms with Gasteiger partial charge in [0.1, 0.15) is 0 Å². The zero-order valence-electron chi connectivity index (χ0n) is 11.9. The molecule has 0 N–H and O–H groups in total. The molecular formula is C18H22. The molecule has 0 aliphatic carbocycles.